The third kappa shape index (κ3) is 5.55. The Hall–Kier alpha value is -4.02. The third-order valence-corrected chi connectivity index (χ3v) is 5.44. The van der Waals surface area contributed by atoms with Crippen molar-refractivity contribution in [3.8, 4) is 17.5 Å². The van der Waals surface area contributed by atoms with Crippen LogP contribution in [-0.2, 0) is 25.3 Å². The molecule has 0 aliphatic rings. The summed E-state index contributed by atoms with van der Waals surface area (Å²) in [5.41, 5.74) is -3.33. The van der Waals surface area contributed by atoms with Gasteiger partial charge in [0, 0.05) is 28.6 Å². The van der Waals surface area contributed by atoms with Gasteiger partial charge in [-0.3, -0.25) is 0 Å². The van der Waals surface area contributed by atoms with E-state index in [1.54, 1.807) is 0 Å². The molecule has 5 nitrogen and oxygen atoms in total. The number of fused-ring (bicyclic) bond motifs is 1. The van der Waals surface area contributed by atoms with E-state index in [1.165, 1.54) is 12.1 Å². The molecule has 2 aromatic carbocycles. The summed E-state index contributed by atoms with van der Waals surface area (Å²) >= 11 is 0. The zero-order chi connectivity index (χ0) is 27.2. The van der Waals surface area contributed by atoms with Gasteiger partial charge in [-0.2, -0.15) is 49.8 Å². The Morgan fingerprint density at radius 1 is 0.919 bits per heavy atom. The molecule has 0 atom stereocenters. The van der Waals surface area contributed by atoms with Gasteiger partial charge in [0.2, 0.25) is 0 Å². The summed E-state index contributed by atoms with van der Waals surface area (Å²) in [5.74, 6) is -0.520. The van der Waals surface area contributed by atoms with Crippen molar-refractivity contribution >= 4 is 10.9 Å². The first-order valence-electron chi connectivity index (χ1n) is 10.4. The number of nitrogens with zero attached hydrogens (tertiary/aromatic N) is 4. The predicted molar refractivity (Wildman–Crippen MR) is 110 cm³/mol. The molecular weight excluding hydrogens is 519 g/mol. The number of rotatable bonds is 5. The molecule has 2 aromatic heterocycles. The van der Waals surface area contributed by atoms with Crippen molar-refractivity contribution in [1.82, 2.24) is 14.7 Å². The lowest BCUT2D eigenvalue weighted by Gasteiger charge is -2.12. The van der Waals surface area contributed by atoms with Gasteiger partial charge in [-0.05, 0) is 42.8 Å². The monoisotopic (exact) mass is 532 g/mol. The minimum absolute atomic E-state index is 0.0822. The van der Waals surface area contributed by atoms with E-state index in [0.717, 1.165) is 41.0 Å². The number of hydrogen-bond acceptors (Lipinski definition) is 4. The molecule has 194 valence electrons. The van der Waals surface area contributed by atoms with Gasteiger partial charge in [0.15, 0.2) is 5.82 Å². The maximum atomic E-state index is 13.8. The zero-order valence-electron chi connectivity index (χ0n) is 18.3. The molecule has 2 heterocycles. The van der Waals surface area contributed by atoms with Crippen molar-refractivity contribution in [2.24, 2.45) is 0 Å². The highest BCUT2D eigenvalue weighted by molar-refractivity contribution is 5.87. The highest BCUT2D eigenvalue weighted by atomic mass is 19.4. The fourth-order valence-corrected chi connectivity index (χ4v) is 3.86. The topological polar surface area (TPSA) is 67.6 Å². The molecule has 37 heavy (non-hydrogen) atoms. The fraction of sp³-hybridized carbons (Fsp3) is 0.261. The first-order valence-corrected chi connectivity index (χ1v) is 10.4. The zero-order valence-corrected chi connectivity index (χ0v) is 18.3. The van der Waals surface area contributed by atoms with Crippen LogP contribution in [0.1, 0.15) is 34.6 Å². The van der Waals surface area contributed by atoms with Crippen molar-refractivity contribution in [2.75, 3.05) is 0 Å². The smallest absolute Gasteiger partial charge is 0.337 e. The molecule has 0 saturated carbocycles. The van der Waals surface area contributed by atoms with E-state index in [2.05, 4.69) is 10.1 Å². The summed E-state index contributed by atoms with van der Waals surface area (Å²) < 4.78 is 125. The van der Waals surface area contributed by atoms with Crippen LogP contribution in [0.5, 0.6) is 0 Å². The Labute approximate surface area is 201 Å². The van der Waals surface area contributed by atoms with Crippen LogP contribution in [-0.4, -0.2) is 20.9 Å². The van der Waals surface area contributed by atoms with Gasteiger partial charge < -0.3 is 9.09 Å². The molecule has 4 aromatic rings. The number of benzene rings is 2. The molecular formula is C23H13F9N4O. The Balaban J connectivity index is 1.79. The highest BCUT2D eigenvalue weighted by Gasteiger charge is 2.37. The van der Waals surface area contributed by atoms with E-state index in [9.17, 15) is 39.5 Å². The lowest BCUT2D eigenvalue weighted by molar-refractivity contribution is -0.138. The molecule has 0 unspecified atom stereocenters. The van der Waals surface area contributed by atoms with Gasteiger partial charge in [0.25, 0.3) is 5.89 Å². The lowest BCUT2D eigenvalue weighted by atomic mass is 10.0. The average Bonchev–Trinajstić information content (AvgIpc) is 3.40. The minimum Gasteiger partial charge on any atom is -0.337 e. The predicted octanol–water partition coefficient (Wildman–Crippen LogP) is 7.14. The molecule has 0 aliphatic carbocycles. The van der Waals surface area contributed by atoms with Gasteiger partial charge in [-0.25, -0.2) is 0 Å². The normalized spacial score (nSPS) is 12.8. The van der Waals surface area contributed by atoms with Crippen molar-refractivity contribution in [2.45, 2.75) is 37.9 Å². The van der Waals surface area contributed by atoms with Gasteiger partial charge in [-0.15, -0.1) is 0 Å². The Morgan fingerprint density at radius 2 is 1.65 bits per heavy atom. The van der Waals surface area contributed by atoms with Crippen molar-refractivity contribution in [3.05, 3.63) is 70.7 Å². The summed E-state index contributed by atoms with van der Waals surface area (Å²) in [6.07, 6.45) is -16.2. The van der Waals surface area contributed by atoms with E-state index in [4.69, 9.17) is 9.78 Å². The van der Waals surface area contributed by atoms with Crippen LogP contribution in [0.3, 0.4) is 0 Å². The fourth-order valence-electron chi connectivity index (χ4n) is 3.86. The van der Waals surface area contributed by atoms with Gasteiger partial charge in [0.05, 0.1) is 29.3 Å². The largest absolute Gasteiger partial charge is 0.418 e. The maximum absolute atomic E-state index is 13.8. The molecule has 0 N–H and O–H groups in total. The van der Waals surface area contributed by atoms with Gasteiger partial charge in [0.1, 0.15) is 0 Å². The van der Waals surface area contributed by atoms with Crippen LogP contribution in [0.4, 0.5) is 39.5 Å². The van der Waals surface area contributed by atoms with E-state index in [-0.39, 0.29) is 28.5 Å². The van der Waals surface area contributed by atoms with Gasteiger partial charge in [-0.1, -0.05) is 11.2 Å². The number of hydrogen-bond donors (Lipinski definition) is 0. The minimum atomic E-state index is -4.97. The molecule has 4 rings (SSSR count). The molecule has 0 aliphatic heterocycles. The molecule has 0 fully saturated rings. The number of alkyl halides is 9. The Bertz CT molecular complexity index is 1490. The average molecular weight is 532 g/mol. The molecule has 0 radical (unpaired) electrons. The molecule has 14 heteroatoms. The van der Waals surface area contributed by atoms with Crippen LogP contribution in [0.15, 0.2) is 47.0 Å². The number of halogens is 9. The first kappa shape index (κ1) is 26.1. The van der Waals surface area contributed by atoms with Crippen molar-refractivity contribution in [3.63, 3.8) is 0 Å². The summed E-state index contributed by atoms with van der Waals surface area (Å²) in [4.78, 5) is 3.98. The van der Waals surface area contributed by atoms with Crippen LogP contribution >= 0.6 is 0 Å². The number of nitriles is 1. The third-order valence-electron chi connectivity index (χ3n) is 5.44. The summed E-state index contributed by atoms with van der Waals surface area (Å²) in [6, 6.07) is 8.40. The maximum Gasteiger partial charge on any atom is 0.418 e. The van der Waals surface area contributed by atoms with Gasteiger partial charge >= 0.3 is 18.5 Å². The second-order valence-electron chi connectivity index (χ2n) is 7.96. The van der Waals surface area contributed by atoms with E-state index < -0.39 is 60.0 Å². The van der Waals surface area contributed by atoms with Crippen molar-refractivity contribution in [1.29, 1.82) is 5.26 Å². The van der Waals surface area contributed by atoms with Crippen LogP contribution < -0.4 is 0 Å². The second-order valence-corrected chi connectivity index (χ2v) is 7.96. The summed E-state index contributed by atoms with van der Waals surface area (Å²) in [6.45, 7) is -0.442. The standard InChI is InChI=1S/C23H13F9N4O/c24-21(25,26)7-6-15-9-16-17(5-4-13(10-33)19(16)23(30,31)32)36(15)11-18-34-20(37-35-18)12-2-1-3-14(8-12)22(27,28)29/h1-5,8-9H,6-7,11H2. The molecule has 0 amide bonds. The lowest BCUT2D eigenvalue weighted by Crippen LogP contribution is -2.12. The quantitative estimate of drug-likeness (QED) is 0.256. The SMILES string of the molecule is N#Cc1ccc2c(cc(CCC(F)(F)F)n2Cc2noc(-c3cccc(C(F)(F)F)c3)n2)c1C(F)(F)F. The summed E-state index contributed by atoms with van der Waals surface area (Å²) in [5, 5.41) is 12.3. The van der Waals surface area contributed by atoms with Crippen LogP contribution in [0, 0.1) is 11.3 Å². The van der Waals surface area contributed by atoms with Crippen molar-refractivity contribution < 1.29 is 44.0 Å². The number of aryl methyl sites for hydroxylation is 1. The molecule has 0 bridgehead atoms. The highest BCUT2D eigenvalue weighted by Crippen LogP contribution is 2.39. The first-order chi connectivity index (χ1) is 17.2. The Morgan fingerprint density at radius 3 is 2.27 bits per heavy atom. The molecule has 0 saturated heterocycles. The number of aromatic nitrogens is 3. The second kappa shape index (κ2) is 9.13. The Kier molecular flexibility index (Phi) is 6.43. The summed E-state index contributed by atoms with van der Waals surface area (Å²) in [7, 11) is 0. The molecule has 0 spiro atoms. The van der Waals surface area contributed by atoms with E-state index in [1.807, 2.05) is 0 Å². The van der Waals surface area contributed by atoms with Crippen LogP contribution in [0.25, 0.3) is 22.4 Å². The van der Waals surface area contributed by atoms with E-state index >= 15 is 0 Å². The van der Waals surface area contributed by atoms with Crippen LogP contribution in [0.2, 0.25) is 0 Å². The van der Waals surface area contributed by atoms with E-state index in [0.29, 0.717) is 0 Å².